The molecule has 2 aromatic rings. The fourth-order valence-electron chi connectivity index (χ4n) is 1.82. The number of sulfonamides is 1. The molecule has 7 nitrogen and oxygen atoms in total. The Morgan fingerprint density at radius 3 is 2.57 bits per heavy atom. The van der Waals surface area contributed by atoms with Crippen molar-refractivity contribution < 1.29 is 12.9 Å². The first-order chi connectivity index (χ1) is 10.1. The van der Waals surface area contributed by atoms with Crippen molar-refractivity contribution in [3.8, 4) is 0 Å². The van der Waals surface area contributed by atoms with Crippen LogP contribution in [0.1, 0.15) is 17.8 Å². The molecule has 8 heteroatoms. The first-order valence-electron chi connectivity index (χ1n) is 6.66. The number of nitrogens with one attached hydrogen (secondary N) is 1. The topological polar surface area (TPSA) is 111 Å². The van der Waals surface area contributed by atoms with E-state index < -0.39 is 10.0 Å². The van der Waals surface area contributed by atoms with Gasteiger partial charge in [-0.05, 0) is 37.1 Å². The second kappa shape index (κ2) is 7.30. The van der Waals surface area contributed by atoms with Crippen LogP contribution in [-0.4, -0.2) is 31.6 Å². The average Bonchev–Trinajstić information content (AvgIpc) is 2.98. The molecule has 0 saturated carbocycles. The number of benzene rings is 1. The minimum Gasteiger partial charge on any atom is -0.343 e. The number of hydrogen-bond acceptors (Lipinski definition) is 6. The van der Waals surface area contributed by atoms with Gasteiger partial charge in [0.15, 0.2) is 5.82 Å². The number of nitrogens with zero attached hydrogens (tertiary/aromatic N) is 2. The predicted molar refractivity (Wildman–Crippen MR) is 77.0 cm³/mol. The summed E-state index contributed by atoms with van der Waals surface area (Å²) in [6.45, 7) is 0.842. The summed E-state index contributed by atoms with van der Waals surface area (Å²) in [4.78, 5) is 4.07. The molecule has 0 amide bonds. The molecule has 3 N–H and O–H groups in total. The van der Waals surface area contributed by atoms with Crippen molar-refractivity contribution in [2.75, 3.05) is 13.1 Å². The van der Waals surface area contributed by atoms with E-state index in [-0.39, 0.29) is 11.4 Å². The molecule has 0 aliphatic rings. The van der Waals surface area contributed by atoms with Gasteiger partial charge in [0.1, 0.15) is 0 Å². The Morgan fingerprint density at radius 2 is 1.95 bits per heavy atom. The van der Waals surface area contributed by atoms with E-state index >= 15 is 0 Å². The highest BCUT2D eigenvalue weighted by molar-refractivity contribution is 7.89. The van der Waals surface area contributed by atoms with E-state index in [9.17, 15) is 8.42 Å². The van der Waals surface area contributed by atoms with Gasteiger partial charge >= 0.3 is 0 Å². The Hall–Kier alpha value is -1.77. The van der Waals surface area contributed by atoms with Crippen LogP contribution in [0.3, 0.4) is 0 Å². The molecule has 1 aromatic carbocycles. The second-order valence-corrected chi connectivity index (χ2v) is 6.30. The molecule has 1 aromatic heterocycles. The molecule has 0 aliphatic carbocycles. The van der Waals surface area contributed by atoms with Crippen LogP contribution in [0.25, 0.3) is 0 Å². The smallest absolute Gasteiger partial charge is 0.240 e. The van der Waals surface area contributed by atoms with E-state index in [4.69, 9.17) is 5.73 Å². The van der Waals surface area contributed by atoms with E-state index in [0.29, 0.717) is 18.8 Å². The zero-order chi connectivity index (χ0) is 15.1. The summed E-state index contributed by atoms with van der Waals surface area (Å²) < 4.78 is 31.3. The summed E-state index contributed by atoms with van der Waals surface area (Å²) in [7, 11) is -3.51. The van der Waals surface area contributed by atoms with Crippen molar-refractivity contribution in [3.05, 3.63) is 42.0 Å². The molecule has 0 fully saturated rings. The number of nitrogens with two attached hydrogens (primary N) is 1. The lowest BCUT2D eigenvalue weighted by atomic mass is 10.1. The lowest BCUT2D eigenvalue weighted by molar-refractivity contribution is 0.410. The van der Waals surface area contributed by atoms with Crippen molar-refractivity contribution in [1.29, 1.82) is 0 Å². The van der Waals surface area contributed by atoms with Crippen molar-refractivity contribution in [1.82, 2.24) is 14.9 Å². The van der Waals surface area contributed by atoms with Crippen LogP contribution >= 0.6 is 0 Å². The highest BCUT2D eigenvalue weighted by atomic mass is 32.2. The van der Waals surface area contributed by atoms with Crippen LogP contribution in [0.2, 0.25) is 0 Å². The molecule has 0 aliphatic heterocycles. The third-order valence-electron chi connectivity index (χ3n) is 2.95. The fourth-order valence-corrected chi connectivity index (χ4v) is 2.86. The summed E-state index contributed by atoms with van der Waals surface area (Å²) in [6, 6.07) is 6.82. The number of rotatable bonds is 8. The zero-order valence-electron chi connectivity index (χ0n) is 11.5. The van der Waals surface area contributed by atoms with Crippen molar-refractivity contribution in [3.63, 3.8) is 0 Å². The van der Waals surface area contributed by atoms with E-state index in [2.05, 4.69) is 19.4 Å². The largest absolute Gasteiger partial charge is 0.343 e. The van der Waals surface area contributed by atoms with Gasteiger partial charge in [-0.25, -0.2) is 13.1 Å². The molecule has 1 heterocycles. The Kier molecular flexibility index (Phi) is 5.43. The molecule has 0 unspecified atom stereocenters. The zero-order valence-corrected chi connectivity index (χ0v) is 12.3. The van der Waals surface area contributed by atoms with Gasteiger partial charge in [-0.2, -0.15) is 4.98 Å². The van der Waals surface area contributed by atoms with Crippen LogP contribution in [0.15, 0.2) is 40.1 Å². The highest BCUT2D eigenvalue weighted by Crippen LogP contribution is 2.11. The van der Waals surface area contributed by atoms with E-state index in [1.54, 1.807) is 12.1 Å². The Balaban J connectivity index is 1.92. The predicted octanol–water partition coefficient (Wildman–Crippen LogP) is 0.482. The Morgan fingerprint density at radius 1 is 1.19 bits per heavy atom. The van der Waals surface area contributed by atoms with Crippen molar-refractivity contribution in [2.45, 2.75) is 24.2 Å². The van der Waals surface area contributed by atoms with Gasteiger partial charge < -0.3 is 10.3 Å². The lowest BCUT2D eigenvalue weighted by Gasteiger charge is -2.06. The second-order valence-electron chi connectivity index (χ2n) is 4.53. The van der Waals surface area contributed by atoms with Crippen molar-refractivity contribution in [2.24, 2.45) is 5.73 Å². The first-order valence-corrected chi connectivity index (χ1v) is 8.14. The first kappa shape index (κ1) is 15.6. The third-order valence-corrected chi connectivity index (χ3v) is 4.43. The molecule has 0 saturated heterocycles. The minimum atomic E-state index is -3.51. The van der Waals surface area contributed by atoms with Crippen LogP contribution in [0.4, 0.5) is 0 Å². The number of aromatic nitrogens is 2. The summed E-state index contributed by atoms with van der Waals surface area (Å²) >= 11 is 0. The maximum Gasteiger partial charge on any atom is 0.240 e. The maximum absolute atomic E-state index is 12.1. The summed E-state index contributed by atoms with van der Waals surface area (Å²) in [5.74, 6) is 0.467. The van der Waals surface area contributed by atoms with Crippen LogP contribution in [-0.2, 0) is 22.9 Å². The third kappa shape index (κ3) is 4.62. The standard InChI is InChI=1S/C13H18N4O3S/c14-8-1-2-11-3-5-12(6-4-11)21(18,19)16-9-7-13-15-10-20-17-13/h3-6,10,16H,1-2,7-9,14H2. The Bertz CT molecular complexity index is 639. The van der Waals surface area contributed by atoms with Gasteiger partial charge in [0.2, 0.25) is 16.4 Å². The van der Waals surface area contributed by atoms with E-state index in [1.165, 1.54) is 6.39 Å². The normalized spacial score (nSPS) is 11.7. The average molecular weight is 310 g/mol. The van der Waals surface area contributed by atoms with Crippen LogP contribution in [0.5, 0.6) is 0 Å². The molecule has 114 valence electrons. The van der Waals surface area contributed by atoms with Gasteiger partial charge in [-0.1, -0.05) is 17.3 Å². The molecule has 2 rings (SSSR count). The van der Waals surface area contributed by atoms with Gasteiger partial charge in [0.05, 0.1) is 4.90 Å². The number of aryl methyl sites for hydroxylation is 1. The lowest BCUT2D eigenvalue weighted by Crippen LogP contribution is -2.26. The molecular formula is C13H18N4O3S. The minimum absolute atomic E-state index is 0.219. The van der Waals surface area contributed by atoms with Gasteiger partial charge in [0.25, 0.3) is 0 Å². The molecular weight excluding hydrogens is 292 g/mol. The quantitative estimate of drug-likeness (QED) is 0.733. The molecule has 21 heavy (non-hydrogen) atoms. The summed E-state index contributed by atoms with van der Waals surface area (Å²) in [5.41, 5.74) is 6.52. The van der Waals surface area contributed by atoms with Crippen LogP contribution < -0.4 is 10.5 Å². The summed E-state index contributed by atoms with van der Waals surface area (Å²) in [5, 5.41) is 3.62. The monoisotopic (exact) mass is 310 g/mol. The Labute approximate surface area is 123 Å². The molecule has 0 bridgehead atoms. The number of hydrogen-bond donors (Lipinski definition) is 2. The SMILES string of the molecule is NCCCc1ccc(S(=O)(=O)NCCc2ncon2)cc1. The van der Waals surface area contributed by atoms with E-state index in [0.717, 1.165) is 18.4 Å². The highest BCUT2D eigenvalue weighted by Gasteiger charge is 2.13. The van der Waals surface area contributed by atoms with E-state index in [1.807, 2.05) is 12.1 Å². The molecule has 0 atom stereocenters. The fraction of sp³-hybridized carbons (Fsp3) is 0.385. The maximum atomic E-state index is 12.1. The van der Waals surface area contributed by atoms with Crippen molar-refractivity contribution >= 4 is 10.0 Å². The molecule has 0 radical (unpaired) electrons. The van der Waals surface area contributed by atoms with Gasteiger partial charge in [-0.15, -0.1) is 0 Å². The molecule has 0 spiro atoms. The van der Waals surface area contributed by atoms with Gasteiger partial charge in [0, 0.05) is 13.0 Å². The summed E-state index contributed by atoms with van der Waals surface area (Å²) in [6.07, 6.45) is 3.32. The van der Waals surface area contributed by atoms with Gasteiger partial charge in [-0.3, -0.25) is 0 Å². The van der Waals surface area contributed by atoms with Crippen LogP contribution in [0, 0.1) is 0 Å².